The number of rotatable bonds is 3. The number of phenols is 1. The number of hydrogen-bond acceptors (Lipinski definition) is 3. The van der Waals surface area contributed by atoms with Crippen molar-refractivity contribution >= 4 is 11.4 Å². The number of phenolic OH excluding ortho intramolecular Hbond substituents is 1. The molecule has 1 N–H and O–H groups in total. The molecule has 0 amide bonds. The minimum Gasteiger partial charge on any atom is -0.507 e. The van der Waals surface area contributed by atoms with Gasteiger partial charge in [0.25, 0.3) is 0 Å². The number of allylic oxidation sites excluding steroid dienone is 1. The molecule has 2 bridgehead atoms. The fraction of sp³-hybridized carbons (Fsp3) is 0.625. The van der Waals surface area contributed by atoms with Gasteiger partial charge in [0, 0.05) is 36.4 Å². The molecule has 144 valence electrons. The average molecular weight is 366 g/mol. The normalized spacial score (nSPS) is 32.7. The van der Waals surface area contributed by atoms with Crippen LogP contribution >= 0.6 is 0 Å². The Morgan fingerprint density at radius 3 is 2.85 bits per heavy atom. The van der Waals surface area contributed by atoms with Crippen molar-refractivity contribution in [2.45, 2.75) is 70.3 Å². The Hall–Kier alpha value is -1.61. The second-order valence-electron chi connectivity index (χ2n) is 9.70. The zero-order valence-electron chi connectivity index (χ0n) is 16.7. The summed E-state index contributed by atoms with van der Waals surface area (Å²) in [5, 5.41) is 11.1. The first-order chi connectivity index (χ1) is 12.9. The highest BCUT2D eigenvalue weighted by atomic mass is 16.3. The average Bonchev–Trinajstić information content (AvgIpc) is 3.43. The van der Waals surface area contributed by atoms with Crippen LogP contribution in [-0.4, -0.2) is 34.9 Å². The Balaban J connectivity index is 1.70. The zero-order chi connectivity index (χ0) is 18.9. The van der Waals surface area contributed by atoms with Gasteiger partial charge in [-0.05, 0) is 87.1 Å². The number of ketones is 1. The highest BCUT2D eigenvalue weighted by Gasteiger charge is 2.57. The third-order valence-corrected chi connectivity index (χ3v) is 7.89. The number of hydrogen-bond donors (Lipinski definition) is 1. The molecule has 3 nitrogen and oxygen atoms in total. The van der Waals surface area contributed by atoms with Crippen molar-refractivity contribution in [1.82, 2.24) is 4.90 Å². The van der Waals surface area contributed by atoms with Crippen molar-refractivity contribution in [3.8, 4) is 5.75 Å². The highest BCUT2D eigenvalue weighted by molar-refractivity contribution is 5.83. The third-order valence-electron chi connectivity index (χ3n) is 7.89. The fourth-order valence-electron chi connectivity index (χ4n) is 6.48. The molecule has 3 fully saturated rings. The van der Waals surface area contributed by atoms with Crippen molar-refractivity contribution in [2.75, 3.05) is 13.1 Å². The van der Waals surface area contributed by atoms with Gasteiger partial charge in [0.2, 0.25) is 0 Å². The molecule has 1 aromatic carbocycles. The number of fused-ring (bicyclic) bond motifs is 1. The van der Waals surface area contributed by atoms with Crippen LogP contribution in [0.25, 0.3) is 5.57 Å². The summed E-state index contributed by atoms with van der Waals surface area (Å²) in [5.74, 6) is 2.21. The molecule has 0 spiro atoms. The Labute approximate surface area is 162 Å². The molecule has 0 radical (unpaired) electrons. The van der Waals surface area contributed by atoms with Gasteiger partial charge in [-0.2, -0.15) is 0 Å². The zero-order valence-corrected chi connectivity index (χ0v) is 16.7. The lowest BCUT2D eigenvalue weighted by Crippen LogP contribution is -2.62. The molecule has 3 aliphatic carbocycles. The Bertz CT molecular complexity index is 837. The van der Waals surface area contributed by atoms with Crippen LogP contribution in [-0.2, 0) is 16.6 Å². The Morgan fingerprint density at radius 1 is 1.37 bits per heavy atom. The number of aryl methyl sites for hydroxylation is 1. The quantitative estimate of drug-likeness (QED) is 0.864. The standard InChI is InChI=1S/C24H31NO2/c1-14(2)18-10-15(3)23(27)22-19(18)11-21-20-7-6-17(26)12-24(20,22)8-9-25(21)13-16-4-5-16/h10,16,20-21,27H,1,4-9,11-13H2,2-3H3. The van der Waals surface area contributed by atoms with E-state index in [-0.39, 0.29) is 5.41 Å². The van der Waals surface area contributed by atoms with E-state index < -0.39 is 0 Å². The second kappa shape index (κ2) is 5.94. The maximum atomic E-state index is 12.6. The molecule has 1 heterocycles. The van der Waals surface area contributed by atoms with Gasteiger partial charge >= 0.3 is 0 Å². The van der Waals surface area contributed by atoms with E-state index in [4.69, 9.17) is 0 Å². The van der Waals surface area contributed by atoms with E-state index in [0.717, 1.165) is 54.8 Å². The van der Waals surface area contributed by atoms with Crippen LogP contribution in [0.3, 0.4) is 0 Å². The summed E-state index contributed by atoms with van der Waals surface area (Å²) in [6.45, 7) is 10.6. The maximum Gasteiger partial charge on any atom is 0.133 e. The van der Waals surface area contributed by atoms with Crippen LogP contribution in [0.2, 0.25) is 0 Å². The van der Waals surface area contributed by atoms with Crippen LogP contribution < -0.4 is 0 Å². The van der Waals surface area contributed by atoms with E-state index in [1.807, 2.05) is 6.92 Å². The maximum absolute atomic E-state index is 12.6. The molecule has 5 rings (SSSR count). The second-order valence-corrected chi connectivity index (χ2v) is 9.70. The molecule has 4 aliphatic rings. The van der Waals surface area contributed by atoms with Gasteiger partial charge < -0.3 is 5.11 Å². The lowest BCUT2D eigenvalue weighted by Gasteiger charge is -2.59. The predicted octanol–water partition coefficient (Wildman–Crippen LogP) is 4.38. The van der Waals surface area contributed by atoms with Crippen LogP contribution in [0, 0.1) is 18.8 Å². The number of piperidine rings is 1. The van der Waals surface area contributed by atoms with Gasteiger partial charge in [-0.3, -0.25) is 9.69 Å². The first-order valence-corrected chi connectivity index (χ1v) is 10.7. The molecule has 1 aromatic rings. The highest BCUT2D eigenvalue weighted by Crippen LogP contribution is 2.58. The minimum absolute atomic E-state index is 0.159. The molecule has 27 heavy (non-hydrogen) atoms. The van der Waals surface area contributed by atoms with Crippen LogP contribution in [0.15, 0.2) is 12.6 Å². The largest absolute Gasteiger partial charge is 0.507 e. The summed E-state index contributed by atoms with van der Waals surface area (Å²) in [6.07, 6.45) is 7.08. The van der Waals surface area contributed by atoms with Crippen molar-refractivity contribution in [3.63, 3.8) is 0 Å². The van der Waals surface area contributed by atoms with E-state index in [2.05, 4.69) is 24.5 Å². The Morgan fingerprint density at radius 2 is 2.15 bits per heavy atom. The number of benzene rings is 1. The number of Topliss-reactive ketones (excluding diaryl/α,β-unsaturated/α-hetero) is 1. The van der Waals surface area contributed by atoms with Gasteiger partial charge in [-0.1, -0.05) is 12.2 Å². The van der Waals surface area contributed by atoms with Crippen molar-refractivity contribution in [1.29, 1.82) is 0 Å². The summed E-state index contributed by atoms with van der Waals surface area (Å²) >= 11 is 0. The first kappa shape index (κ1) is 17.5. The number of nitrogens with zero attached hydrogens (tertiary/aromatic N) is 1. The van der Waals surface area contributed by atoms with Gasteiger partial charge in [0.1, 0.15) is 11.5 Å². The molecule has 3 heteroatoms. The van der Waals surface area contributed by atoms with E-state index in [1.54, 1.807) is 0 Å². The van der Waals surface area contributed by atoms with Crippen LogP contribution in [0.4, 0.5) is 0 Å². The van der Waals surface area contributed by atoms with Crippen LogP contribution in [0.5, 0.6) is 5.75 Å². The number of likely N-dealkylation sites (tertiary alicyclic amines) is 1. The van der Waals surface area contributed by atoms with Gasteiger partial charge in [0.15, 0.2) is 0 Å². The van der Waals surface area contributed by atoms with Gasteiger partial charge in [-0.15, -0.1) is 0 Å². The molecule has 0 aromatic heterocycles. The summed E-state index contributed by atoms with van der Waals surface area (Å²) < 4.78 is 0. The molecular formula is C24H31NO2. The number of aromatic hydroxyl groups is 1. The molecule has 3 unspecified atom stereocenters. The summed E-state index contributed by atoms with van der Waals surface area (Å²) in [4.78, 5) is 15.3. The number of carbonyl (C=O) groups excluding carboxylic acids is 1. The minimum atomic E-state index is -0.159. The van der Waals surface area contributed by atoms with Crippen LogP contribution in [0.1, 0.15) is 67.7 Å². The molecule has 3 atom stereocenters. The lowest BCUT2D eigenvalue weighted by atomic mass is 9.51. The molecular weight excluding hydrogens is 334 g/mol. The number of carbonyl (C=O) groups is 1. The van der Waals surface area contributed by atoms with Gasteiger partial charge in [0.05, 0.1) is 0 Å². The topological polar surface area (TPSA) is 40.5 Å². The van der Waals surface area contributed by atoms with E-state index in [1.165, 1.54) is 30.5 Å². The van der Waals surface area contributed by atoms with Gasteiger partial charge in [-0.25, -0.2) is 0 Å². The van der Waals surface area contributed by atoms with Crippen molar-refractivity contribution < 1.29 is 9.90 Å². The molecule has 2 saturated carbocycles. The summed E-state index contributed by atoms with van der Waals surface area (Å²) in [7, 11) is 0. The Kier molecular flexibility index (Phi) is 3.85. The summed E-state index contributed by atoms with van der Waals surface area (Å²) in [5.41, 5.74) is 5.43. The van der Waals surface area contributed by atoms with E-state index in [0.29, 0.717) is 29.9 Å². The molecule has 1 saturated heterocycles. The SMILES string of the molecule is C=C(C)c1cc(C)c(O)c2c1CC1C3CCC(=O)CC23CCN1CC1CC1. The van der Waals surface area contributed by atoms with E-state index in [9.17, 15) is 9.90 Å². The predicted molar refractivity (Wildman–Crippen MR) is 108 cm³/mol. The summed E-state index contributed by atoms with van der Waals surface area (Å²) in [6, 6.07) is 2.62. The lowest BCUT2D eigenvalue weighted by molar-refractivity contribution is -0.127. The fourth-order valence-corrected chi connectivity index (χ4v) is 6.48. The third kappa shape index (κ3) is 2.54. The first-order valence-electron chi connectivity index (χ1n) is 10.7. The van der Waals surface area contributed by atoms with Crippen molar-refractivity contribution in [2.24, 2.45) is 11.8 Å². The smallest absolute Gasteiger partial charge is 0.133 e. The van der Waals surface area contributed by atoms with E-state index >= 15 is 0 Å². The molecule has 1 aliphatic heterocycles. The van der Waals surface area contributed by atoms with Crippen molar-refractivity contribution in [3.05, 3.63) is 34.9 Å². The monoisotopic (exact) mass is 365 g/mol.